The minimum Gasteiger partial charge on any atom is -0.339 e. The number of nitrogens with zero attached hydrogens (tertiary/aromatic N) is 2. The van der Waals surface area contributed by atoms with Crippen molar-refractivity contribution in [3.63, 3.8) is 0 Å². The summed E-state index contributed by atoms with van der Waals surface area (Å²) >= 11 is 0. The molecule has 130 valence electrons. The van der Waals surface area contributed by atoms with Crippen LogP contribution in [0.4, 0.5) is 0 Å². The quantitative estimate of drug-likeness (QED) is 0.854. The monoisotopic (exact) mass is 328 g/mol. The van der Waals surface area contributed by atoms with Gasteiger partial charge in [-0.3, -0.25) is 9.59 Å². The summed E-state index contributed by atoms with van der Waals surface area (Å²) in [5.41, 5.74) is 1.90. The molecule has 1 aliphatic carbocycles. The zero-order valence-electron chi connectivity index (χ0n) is 14.7. The lowest BCUT2D eigenvalue weighted by Gasteiger charge is -2.35. The van der Waals surface area contributed by atoms with Crippen LogP contribution in [-0.4, -0.2) is 47.8 Å². The summed E-state index contributed by atoms with van der Waals surface area (Å²) in [5, 5.41) is 0. The normalized spacial score (nSPS) is 19.4. The predicted molar refractivity (Wildman–Crippen MR) is 94.9 cm³/mol. The van der Waals surface area contributed by atoms with Crippen LogP contribution in [-0.2, 0) is 4.79 Å². The Kier molecular flexibility index (Phi) is 5.54. The van der Waals surface area contributed by atoms with E-state index in [2.05, 4.69) is 0 Å². The van der Waals surface area contributed by atoms with Crippen LogP contribution in [0.15, 0.2) is 24.3 Å². The first-order valence-electron chi connectivity index (χ1n) is 9.27. The fourth-order valence-electron chi connectivity index (χ4n) is 3.80. The Hall–Kier alpha value is -1.84. The van der Waals surface area contributed by atoms with Gasteiger partial charge in [0.05, 0.1) is 0 Å². The molecule has 0 aromatic heterocycles. The Morgan fingerprint density at radius 1 is 0.917 bits per heavy atom. The molecular weight excluding hydrogens is 300 g/mol. The molecule has 2 amide bonds. The molecule has 1 aromatic rings. The van der Waals surface area contributed by atoms with Crippen molar-refractivity contribution in [2.24, 2.45) is 5.92 Å². The van der Waals surface area contributed by atoms with Crippen molar-refractivity contribution in [1.82, 2.24) is 9.80 Å². The maximum atomic E-state index is 12.5. The van der Waals surface area contributed by atoms with E-state index in [9.17, 15) is 9.59 Å². The summed E-state index contributed by atoms with van der Waals surface area (Å²) in [7, 11) is 0. The highest BCUT2D eigenvalue weighted by atomic mass is 16.2. The van der Waals surface area contributed by atoms with Gasteiger partial charge in [0, 0.05) is 38.2 Å². The molecule has 24 heavy (non-hydrogen) atoms. The maximum Gasteiger partial charge on any atom is 0.253 e. The van der Waals surface area contributed by atoms with Gasteiger partial charge in [-0.25, -0.2) is 0 Å². The van der Waals surface area contributed by atoms with Crippen LogP contribution in [0.2, 0.25) is 0 Å². The second-order valence-electron chi connectivity index (χ2n) is 7.25. The molecule has 2 aliphatic rings. The third-order valence-electron chi connectivity index (χ3n) is 5.41. The van der Waals surface area contributed by atoms with Gasteiger partial charge in [-0.05, 0) is 37.8 Å². The molecule has 0 radical (unpaired) electrons. The molecule has 1 saturated heterocycles. The van der Waals surface area contributed by atoms with Gasteiger partial charge in [-0.1, -0.05) is 37.0 Å². The minimum absolute atomic E-state index is 0.0781. The Morgan fingerprint density at radius 3 is 2.12 bits per heavy atom. The molecule has 1 aromatic carbocycles. The third-order valence-corrected chi connectivity index (χ3v) is 5.41. The number of rotatable bonds is 3. The highest BCUT2D eigenvalue weighted by Gasteiger charge is 2.26. The average molecular weight is 328 g/mol. The summed E-state index contributed by atoms with van der Waals surface area (Å²) in [6, 6.07) is 7.71. The topological polar surface area (TPSA) is 40.6 Å². The van der Waals surface area contributed by atoms with Gasteiger partial charge >= 0.3 is 0 Å². The molecule has 0 unspecified atom stereocenters. The van der Waals surface area contributed by atoms with E-state index in [4.69, 9.17) is 0 Å². The number of hydrogen-bond donors (Lipinski definition) is 0. The van der Waals surface area contributed by atoms with Crippen molar-refractivity contribution < 1.29 is 9.59 Å². The second kappa shape index (κ2) is 7.82. The van der Waals surface area contributed by atoms with E-state index in [0.717, 1.165) is 11.1 Å². The summed E-state index contributed by atoms with van der Waals surface area (Å²) in [4.78, 5) is 28.8. The number of benzene rings is 1. The lowest BCUT2D eigenvalue weighted by Crippen LogP contribution is -2.50. The first-order chi connectivity index (χ1) is 11.6. The van der Waals surface area contributed by atoms with E-state index in [1.165, 1.54) is 32.1 Å². The highest BCUT2D eigenvalue weighted by Crippen LogP contribution is 2.27. The standard InChI is InChI=1S/C20H28N2O2/c1-16-7-9-18(10-8-16)20(24)22-13-11-21(12-14-22)19(23)15-17-5-3-2-4-6-17/h7-10,17H,2-6,11-15H2,1H3. The average Bonchev–Trinajstić information content (AvgIpc) is 2.63. The first kappa shape index (κ1) is 17.0. The van der Waals surface area contributed by atoms with Gasteiger partial charge in [0.15, 0.2) is 0 Å². The maximum absolute atomic E-state index is 12.5. The number of piperazine rings is 1. The molecule has 0 spiro atoms. The Balaban J connectivity index is 1.48. The number of amides is 2. The van der Waals surface area contributed by atoms with Crippen molar-refractivity contribution in [1.29, 1.82) is 0 Å². The third kappa shape index (κ3) is 4.16. The highest BCUT2D eigenvalue weighted by molar-refractivity contribution is 5.94. The zero-order valence-corrected chi connectivity index (χ0v) is 14.7. The molecule has 1 saturated carbocycles. The van der Waals surface area contributed by atoms with Gasteiger partial charge in [0.2, 0.25) is 5.91 Å². The molecule has 0 atom stereocenters. The van der Waals surface area contributed by atoms with Gasteiger partial charge in [0.25, 0.3) is 5.91 Å². The van der Waals surface area contributed by atoms with E-state index in [1.54, 1.807) is 0 Å². The summed E-state index contributed by atoms with van der Waals surface area (Å²) in [6.45, 7) is 4.64. The predicted octanol–water partition coefficient (Wildman–Crippen LogP) is 3.25. The van der Waals surface area contributed by atoms with Crippen LogP contribution in [0.1, 0.15) is 54.4 Å². The smallest absolute Gasteiger partial charge is 0.253 e. The van der Waals surface area contributed by atoms with E-state index in [-0.39, 0.29) is 11.8 Å². The first-order valence-corrected chi connectivity index (χ1v) is 9.27. The molecule has 0 N–H and O–H groups in total. The van der Waals surface area contributed by atoms with Crippen molar-refractivity contribution >= 4 is 11.8 Å². The van der Waals surface area contributed by atoms with Crippen LogP contribution in [0.25, 0.3) is 0 Å². The number of carbonyl (C=O) groups is 2. The van der Waals surface area contributed by atoms with E-state index < -0.39 is 0 Å². The lowest BCUT2D eigenvalue weighted by atomic mass is 9.86. The van der Waals surface area contributed by atoms with Crippen LogP contribution in [0.5, 0.6) is 0 Å². The number of hydrogen-bond acceptors (Lipinski definition) is 2. The van der Waals surface area contributed by atoms with Crippen molar-refractivity contribution in [2.75, 3.05) is 26.2 Å². The molecule has 1 aliphatic heterocycles. The van der Waals surface area contributed by atoms with Crippen LogP contribution >= 0.6 is 0 Å². The molecule has 3 rings (SSSR count). The Bertz CT molecular complexity index is 568. The van der Waals surface area contributed by atoms with E-state index in [1.807, 2.05) is 41.0 Å². The Morgan fingerprint density at radius 2 is 1.50 bits per heavy atom. The van der Waals surface area contributed by atoms with Gasteiger partial charge < -0.3 is 9.80 Å². The van der Waals surface area contributed by atoms with Crippen molar-refractivity contribution in [2.45, 2.75) is 45.4 Å². The van der Waals surface area contributed by atoms with Crippen molar-refractivity contribution in [3.8, 4) is 0 Å². The van der Waals surface area contributed by atoms with Crippen LogP contribution in [0.3, 0.4) is 0 Å². The van der Waals surface area contributed by atoms with Gasteiger partial charge in [-0.15, -0.1) is 0 Å². The fraction of sp³-hybridized carbons (Fsp3) is 0.600. The van der Waals surface area contributed by atoms with E-state index in [0.29, 0.717) is 38.5 Å². The van der Waals surface area contributed by atoms with Gasteiger partial charge in [-0.2, -0.15) is 0 Å². The SMILES string of the molecule is Cc1ccc(C(=O)N2CCN(C(=O)CC3CCCCC3)CC2)cc1. The summed E-state index contributed by atoms with van der Waals surface area (Å²) < 4.78 is 0. The number of aryl methyl sites for hydroxylation is 1. The molecular formula is C20H28N2O2. The Labute approximate surface area is 144 Å². The van der Waals surface area contributed by atoms with Crippen molar-refractivity contribution in [3.05, 3.63) is 35.4 Å². The number of carbonyl (C=O) groups excluding carboxylic acids is 2. The fourth-order valence-corrected chi connectivity index (χ4v) is 3.80. The lowest BCUT2D eigenvalue weighted by molar-refractivity contribution is -0.133. The van der Waals surface area contributed by atoms with Crippen LogP contribution < -0.4 is 0 Å². The summed E-state index contributed by atoms with van der Waals surface area (Å²) in [5.74, 6) is 0.942. The van der Waals surface area contributed by atoms with Crippen LogP contribution in [0, 0.1) is 12.8 Å². The molecule has 1 heterocycles. The molecule has 0 bridgehead atoms. The molecule has 4 heteroatoms. The van der Waals surface area contributed by atoms with E-state index >= 15 is 0 Å². The van der Waals surface area contributed by atoms with Gasteiger partial charge in [0.1, 0.15) is 0 Å². The largest absolute Gasteiger partial charge is 0.339 e. The molecule has 4 nitrogen and oxygen atoms in total. The minimum atomic E-state index is 0.0781. The molecule has 2 fully saturated rings. The summed E-state index contributed by atoms with van der Waals surface area (Å²) in [6.07, 6.45) is 6.99. The zero-order chi connectivity index (χ0) is 16.9. The second-order valence-corrected chi connectivity index (χ2v) is 7.25.